The van der Waals surface area contributed by atoms with Gasteiger partial charge in [0.1, 0.15) is 17.0 Å². The van der Waals surface area contributed by atoms with Crippen molar-refractivity contribution in [1.82, 2.24) is 25.1 Å². The molecule has 5 heterocycles. The lowest BCUT2D eigenvalue weighted by Gasteiger charge is -2.34. The molecule has 0 radical (unpaired) electrons. The fraction of sp³-hybridized carbons (Fsp3) is 0.333. The lowest BCUT2D eigenvalue weighted by atomic mass is 10.0. The van der Waals surface area contributed by atoms with E-state index in [2.05, 4.69) is 38.1 Å². The highest BCUT2D eigenvalue weighted by Gasteiger charge is 2.24. The van der Waals surface area contributed by atoms with Crippen molar-refractivity contribution in [2.75, 3.05) is 24.7 Å². The van der Waals surface area contributed by atoms with Gasteiger partial charge < -0.3 is 14.4 Å². The van der Waals surface area contributed by atoms with Gasteiger partial charge in [0.25, 0.3) is 0 Å². The van der Waals surface area contributed by atoms with Crippen molar-refractivity contribution in [2.24, 2.45) is 0 Å². The molecule has 4 aromatic heterocycles. The van der Waals surface area contributed by atoms with Crippen molar-refractivity contribution in [2.45, 2.75) is 32.9 Å². The third-order valence-corrected chi connectivity index (χ3v) is 5.54. The summed E-state index contributed by atoms with van der Waals surface area (Å²) < 4.78 is 11.7. The van der Waals surface area contributed by atoms with E-state index in [4.69, 9.17) is 14.5 Å². The fourth-order valence-electron chi connectivity index (χ4n) is 4.07. The Morgan fingerprint density at radius 2 is 2.03 bits per heavy atom. The molecule has 164 valence electrons. The Kier molecular flexibility index (Phi) is 5.45. The number of morpholine rings is 1. The monoisotopic (exact) mass is 430 g/mol. The second-order valence-electron chi connectivity index (χ2n) is 8.19. The van der Waals surface area contributed by atoms with Crippen molar-refractivity contribution < 1.29 is 9.47 Å². The Morgan fingerprint density at radius 1 is 1.12 bits per heavy atom. The van der Waals surface area contributed by atoms with Crippen LogP contribution >= 0.6 is 0 Å². The van der Waals surface area contributed by atoms with Crippen LogP contribution in [0.5, 0.6) is 5.88 Å². The van der Waals surface area contributed by atoms with E-state index in [1.807, 2.05) is 38.1 Å². The second-order valence-corrected chi connectivity index (χ2v) is 8.19. The Bertz CT molecular complexity index is 1220. The molecule has 1 atom stereocenters. The summed E-state index contributed by atoms with van der Waals surface area (Å²) in [6.45, 7) is 8.29. The molecule has 8 heteroatoms. The summed E-state index contributed by atoms with van der Waals surface area (Å²) >= 11 is 0. The predicted octanol–water partition coefficient (Wildman–Crippen LogP) is 4.09. The molecule has 5 rings (SSSR count). The quantitative estimate of drug-likeness (QED) is 0.510. The van der Waals surface area contributed by atoms with E-state index in [9.17, 15) is 0 Å². The van der Waals surface area contributed by atoms with Crippen LogP contribution in [-0.2, 0) is 4.74 Å². The SMILES string of the molecule is CC(C)Oc1ncccc1-c1cc(N2CCOC[C@H]2C)nc2c(-c3ccn[nH]3)nccc12. The zero-order valence-electron chi connectivity index (χ0n) is 18.4. The van der Waals surface area contributed by atoms with Gasteiger partial charge in [0.05, 0.1) is 31.1 Å². The lowest BCUT2D eigenvalue weighted by Crippen LogP contribution is -2.44. The molecule has 32 heavy (non-hydrogen) atoms. The predicted molar refractivity (Wildman–Crippen MR) is 124 cm³/mol. The molecule has 0 bridgehead atoms. The number of fused-ring (bicyclic) bond motifs is 1. The van der Waals surface area contributed by atoms with Crippen LogP contribution in [0.1, 0.15) is 20.8 Å². The highest BCUT2D eigenvalue weighted by atomic mass is 16.5. The molecule has 4 aromatic rings. The first-order chi connectivity index (χ1) is 15.6. The van der Waals surface area contributed by atoms with E-state index in [1.165, 1.54) is 0 Å². The number of aromatic nitrogens is 5. The standard InChI is InChI=1S/C24H26N6O2/c1-15(2)32-24-18(5-4-8-26-24)19-13-21(30-11-12-31-14-16(30)3)28-22-17(19)6-9-25-23(22)20-7-10-27-29-20/h4-10,13,15-16H,11-12,14H2,1-3H3,(H,27,29)/t16-/m1/s1. The molecule has 1 fully saturated rings. The van der Waals surface area contributed by atoms with Gasteiger partial charge in [-0.05, 0) is 51.1 Å². The highest BCUT2D eigenvalue weighted by molar-refractivity contribution is 6.02. The van der Waals surface area contributed by atoms with E-state index < -0.39 is 0 Å². The first kappa shape index (κ1) is 20.4. The maximum atomic E-state index is 6.06. The molecule has 1 saturated heterocycles. The number of nitrogens with zero attached hydrogens (tertiary/aromatic N) is 5. The second kappa shape index (κ2) is 8.55. The first-order valence-corrected chi connectivity index (χ1v) is 10.9. The average molecular weight is 431 g/mol. The third kappa shape index (κ3) is 3.78. The van der Waals surface area contributed by atoms with Crippen LogP contribution in [0, 0.1) is 0 Å². The molecule has 1 aliphatic rings. The number of aromatic amines is 1. The van der Waals surface area contributed by atoms with Gasteiger partial charge in [-0.15, -0.1) is 0 Å². The van der Waals surface area contributed by atoms with Crippen molar-refractivity contribution in [3.8, 4) is 28.4 Å². The summed E-state index contributed by atoms with van der Waals surface area (Å²) in [4.78, 5) is 16.5. The number of ether oxygens (including phenoxy) is 2. The number of rotatable bonds is 5. The third-order valence-electron chi connectivity index (χ3n) is 5.54. The van der Waals surface area contributed by atoms with Crippen LogP contribution in [-0.4, -0.2) is 57.1 Å². The average Bonchev–Trinajstić information content (AvgIpc) is 3.33. The summed E-state index contributed by atoms with van der Waals surface area (Å²) in [7, 11) is 0. The molecule has 0 amide bonds. The van der Waals surface area contributed by atoms with Gasteiger partial charge in [0.15, 0.2) is 0 Å². The van der Waals surface area contributed by atoms with Crippen molar-refractivity contribution >= 4 is 16.7 Å². The minimum atomic E-state index is 0.0118. The van der Waals surface area contributed by atoms with Crippen LogP contribution in [0.3, 0.4) is 0 Å². The molecule has 0 aliphatic carbocycles. The van der Waals surface area contributed by atoms with Crippen LogP contribution in [0.15, 0.2) is 48.9 Å². The fourth-order valence-corrected chi connectivity index (χ4v) is 4.07. The van der Waals surface area contributed by atoms with Crippen LogP contribution < -0.4 is 9.64 Å². The molecule has 0 spiro atoms. The Labute approximate surface area is 186 Å². The Morgan fingerprint density at radius 3 is 2.81 bits per heavy atom. The maximum absolute atomic E-state index is 6.06. The van der Waals surface area contributed by atoms with Gasteiger partial charge in [-0.2, -0.15) is 5.10 Å². The smallest absolute Gasteiger partial charge is 0.221 e. The van der Waals surface area contributed by atoms with E-state index in [1.54, 1.807) is 18.6 Å². The van der Waals surface area contributed by atoms with E-state index in [0.717, 1.165) is 45.8 Å². The maximum Gasteiger partial charge on any atom is 0.221 e. The van der Waals surface area contributed by atoms with Crippen molar-refractivity contribution in [3.05, 3.63) is 48.9 Å². The summed E-state index contributed by atoms with van der Waals surface area (Å²) in [5.41, 5.74) is 4.33. The van der Waals surface area contributed by atoms with Gasteiger partial charge in [-0.3, -0.25) is 10.1 Å². The summed E-state index contributed by atoms with van der Waals surface area (Å²) in [5, 5.41) is 8.12. The topological polar surface area (TPSA) is 89.0 Å². The van der Waals surface area contributed by atoms with E-state index >= 15 is 0 Å². The minimum absolute atomic E-state index is 0.0118. The number of H-pyrrole nitrogens is 1. The van der Waals surface area contributed by atoms with Gasteiger partial charge in [-0.1, -0.05) is 0 Å². The summed E-state index contributed by atoms with van der Waals surface area (Å²) in [6.07, 6.45) is 5.30. The molecular formula is C24H26N6O2. The first-order valence-electron chi connectivity index (χ1n) is 10.9. The lowest BCUT2D eigenvalue weighted by molar-refractivity contribution is 0.0986. The van der Waals surface area contributed by atoms with Gasteiger partial charge >= 0.3 is 0 Å². The van der Waals surface area contributed by atoms with Crippen LogP contribution in [0.4, 0.5) is 5.82 Å². The molecule has 0 unspecified atom stereocenters. The minimum Gasteiger partial charge on any atom is -0.475 e. The Hall–Kier alpha value is -3.52. The zero-order chi connectivity index (χ0) is 22.1. The molecule has 1 N–H and O–H groups in total. The van der Waals surface area contributed by atoms with Gasteiger partial charge in [0, 0.05) is 41.6 Å². The number of pyridine rings is 3. The largest absolute Gasteiger partial charge is 0.475 e. The molecule has 0 saturated carbocycles. The van der Waals surface area contributed by atoms with E-state index in [-0.39, 0.29) is 12.1 Å². The molecular weight excluding hydrogens is 404 g/mol. The van der Waals surface area contributed by atoms with Crippen molar-refractivity contribution in [1.29, 1.82) is 0 Å². The molecule has 1 aliphatic heterocycles. The molecule has 8 nitrogen and oxygen atoms in total. The van der Waals surface area contributed by atoms with Gasteiger partial charge in [-0.25, -0.2) is 9.97 Å². The van der Waals surface area contributed by atoms with Crippen LogP contribution in [0.25, 0.3) is 33.4 Å². The number of hydrogen-bond acceptors (Lipinski definition) is 7. The Balaban J connectivity index is 1.78. The summed E-state index contributed by atoms with van der Waals surface area (Å²) in [5.74, 6) is 1.49. The van der Waals surface area contributed by atoms with Crippen LogP contribution in [0.2, 0.25) is 0 Å². The number of hydrogen-bond donors (Lipinski definition) is 1. The number of nitrogens with one attached hydrogen (secondary N) is 1. The normalized spacial score (nSPS) is 16.6. The summed E-state index contributed by atoms with van der Waals surface area (Å²) in [6, 6.07) is 10.2. The van der Waals surface area contributed by atoms with Crippen molar-refractivity contribution in [3.63, 3.8) is 0 Å². The molecule has 0 aromatic carbocycles. The van der Waals surface area contributed by atoms with Gasteiger partial charge in [0.2, 0.25) is 5.88 Å². The van der Waals surface area contributed by atoms with E-state index in [0.29, 0.717) is 19.1 Å². The highest BCUT2D eigenvalue weighted by Crippen LogP contribution is 2.38. The zero-order valence-corrected chi connectivity index (χ0v) is 18.4. The number of anilines is 1.